The number of aromatic amines is 1. The molecule has 0 fully saturated rings. The summed E-state index contributed by atoms with van der Waals surface area (Å²) < 4.78 is 13.3. The second-order valence-electron chi connectivity index (χ2n) is 5.75. The predicted molar refractivity (Wildman–Crippen MR) is 88.3 cm³/mol. The molecule has 0 saturated heterocycles. The minimum atomic E-state index is -0.314. The number of hydrogen-bond acceptors (Lipinski definition) is 3. The highest BCUT2D eigenvalue weighted by Gasteiger charge is 2.24. The fourth-order valence-corrected chi connectivity index (χ4v) is 2.80. The highest BCUT2D eigenvalue weighted by molar-refractivity contribution is 5.97. The molecule has 3 rings (SSSR count). The molecule has 1 aromatic heterocycles. The van der Waals surface area contributed by atoms with Gasteiger partial charge in [0.05, 0.1) is 0 Å². The van der Waals surface area contributed by atoms with E-state index >= 15 is 0 Å². The molecule has 2 aromatic rings. The largest absolute Gasteiger partial charge is 0.312 e. The molecule has 0 bridgehead atoms. The molecular formula is C17H19FN4O2. The number of aryl methyl sites for hydroxylation is 2. The third-order valence-corrected chi connectivity index (χ3v) is 4.08. The van der Waals surface area contributed by atoms with Crippen LogP contribution in [0.5, 0.6) is 0 Å². The summed E-state index contributed by atoms with van der Waals surface area (Å²) in [6, 6.07) is 6.16. The molecule has 24 heavy (non-hydrogen) atoms. The van der Waals surface area contributed by atoms with E-state index < -0.39 is 0 Å². The normalized spacial score (nSPS) is 13.8. The van der Waals surface area contributed by atoms with Crippen LogP contribution in [0.2, 0.25) is 0 Å². The van der Waals surface area contributed by atoms with Crippen molar-refractivity contribution in [2.24, 2.45) is 0 Å². The molecule has 1 aromatic carbocycles. The second kappa shape index (κ2) is 6.82. The topological polar surface area (TPSA) is 78.1 Å². The monoisotopic (exact) mass is 330 g/mol. The van der Waals surface area contributed by atoms with E-state index in [1.165, 1.54) is 12.1 Å². The Labute approximate surface area is 139 Å². The van der Waals surface area contributed by atoms with E-state index in [1.54, 1.807) is 17.0 Å². The van der Waals surface area contributed by atoms with E-state index in [4.69, 9.17) is 0 Å². The number of carbonyl (C=O) groups excluding carboxylic acids is 2. The summed E-state index contributed by atoms with van der Waals surface area (Å²) in [6.45, 7) is 2.25. The fraction of sp³-hybridized carbons (Fsp3) is 0.353. The molecular weight excluding hydrogens is 311 g/mol. The minimum absolute atomic E-state index is 0.0463. The predicted octanol–water partition coefficient (Wildman–Crippen LogP) is 2.42. The summed E-state index contributed by atoms with van der Waals surface area (Å²) in [5.41, 5.74) is 2.43. The van der Waals surface area contributed by atoms with Gasteiger partial charge in [-0.25, -0.2) is 4.39 Å². The maximum atomic E-state index is 13.3. The molecule has 2 N–H and O–H groups in total. The van der Waals surface area contributed by atoms with E-state index in [0.717, 1.165) is 17.7 Å². The first-order valence-corrected chi connectivity index (χ1v) is 7.99. The molecule has 2 amide bonds. The van der Waals surface area contributed by atoms with Crippen LogP contribution in [0.4, 0.5) is 15.9 Å². The van der Waals surface area contributed by atoms with Gasteiger partial charge in [-0.1, -0.05) is 6.92 Å². The summed E-state index contributed by atoms with van der Waals surface area (Å²) in [5, 5.41) is 9.53. The van der Waals surface area contributed by atoms with Gasteiger partial charge in [-0.3, -0.25) is 14.7 Å². The van der Waals surface area contributed by atoms with E-state index in [2.05, 4.69) is 15.5 Å². The van der Waals surface area contributed by atoms with Crippen molar-refractivity contribution in [2.45, 2.75) is 32.6 Å². The summed E-state index contributed by atoms with van der Waals surface area (Å²) in [6.07, 6.45) is 1.81. The van der Waals surface area contributed by atoms with Gasteiger partial charge in [0.1, 0.15) is 5.82 Å². The molecule has 2 heterocycles. The summed E-state index contributed by atoms with van der Waals surface area (Å²) in [5.74, 6) is -0.100. The number of carbonyl (C=O) groups is 2. The molecule has 0 aliphatic carbocycles. The summed E-state index contributed by atoms with van der Waals surface area (Å²) >= 11 is 0. The average Bonchev–Trinajstić information content (AvgIpc) is 3.01. The van der Waals surface area contributed by atoms with Crippen molar-refractivity contribution in [1.29, 1.82) is 0 Å². The lowest BCUT2D eigenvalue weighted by Crippen LogP contribution is -2.37. The Morgan fingerprint density at radius 2 is 2.21 bits per heavy atom. The van der Waals surface area contributed by atoms with Gasteiger partial charge in [0.15, 0.2) is 5.82 Å². The average molecular weight is 330 g/mol. The van der Waals surface area contributed by atoms with Gasteiger partial charge < -0.3 is 10.2 Å². The second-order valence-corrected chi connectivity index (χ2v) is 5.75. The number of rotatable bonds is 5. The smallest absolute Gasteiger partial charge is 0.227 e. The van der Waals surface area contributed by atoms with Gasteiger partial charge in [-0.15, -0.1) is 0 Å². The van der Waals surface area contributed by atoms with E-state index in [9.17, 15) is 14.0 Å². The summed E-state index contributed by atoms with van der Waals surface area (Å²) in [7, 11) is 0. The number of nitrogens with zero attached hydrogens (tertiary/aromatic N) is 2. The SMILES string of the molecule is CCc1cc(NC(=O)CCN2C(=O)CCc3cc(F)ccc32)n[nH]1. The Morgan fingerprint density at radius 1 is 1.38 bits per heavy atom. The first kappa shape index (κ1) is 16.2. The van der Waals surface area contributed by atoms with Crippen LogP contribution in [0.1, 0.15) is 31.0 Å². The molecule has 0 radical (unpaired) electrons. The number of fused-ring (bicyclic) bond motifs is 1. The van der Waals surface area contributed by atoms with Gasteiger partial charge in [0.25, 0.3) is 0 Å². The lowest BCUT2D eigenvalue weighted by molar-refractivity contribution is -0.119. The summed E-state index contributed by atoms with van der Waals surface area (Å²) in [4.78, 5) is 25.8. The highest BCUT2D eigenvalue weighted by atomic mass is 19.1. The van der Waals surface area contributed by atoms with Crippen molar-refractivity contribution in [3.05, 3.63) is 41.3 Å². The Hall–Kier alpha value is -2.70. The van der Waals surface area contributed by atoms with Crippen molar-refractivity contribution >= 4 is 23.3 Å². The van der Waals surface area contributed by atoms with Crippen LogP contribution in [0, 0.1) is 5.82 Å². The van der Waals surface area contributed by atoms with E-state index in [1.807, 2.05) is 6.92 Å². The van der Waals surface area contributed by atoms with Crippen LogP contribution in [0.25, 0.3) is 0 Å². The number of aromatic nitrogens is 2. The molecule has 7 heteroatoms. The zero-order valence-corrected chi connectivity index (χ0v) is 13.4. The quantitative estimate of drug-likeness (QED) is 0.884. The Balaban J connectivity index is 1.63. The third-order valence-electron chi connectivity index (χ3n) is 4.08. The number of amides is 2. The van der Waals surface area contributed by atoms with Gasteiger partial charge >= 0.3 is 0 Å². The Morgan fingerprint density at radius 3 is 2.96 bits per heavy atom. The number of hydrogen-bond donors (Lipinski definition) is 2. The van der Waals surface area contributed by atoms with Crippen LogP contribution >= 0.6 is 0 Å². The van der Waals surface area contributed by atoms with Crippen molar-refractivity contribution in [3.63, 3.8) is 0 Å². The maximum absolute atomic E-state index is 13.3. The first-order chi connectivity index (χ1) is 11.6. The number of halogens is 1. The lowest BCUT2D eigenvalue weighted by Gasteiger charge is -2.29. The highest BCUT2D eigenvalue weighted by Crippen LogP contribution is 2.28. The van der Waals surface area contributed by atoms with Gasteiger partial charge in [-0.2, -0.15) is 5.10 Å². The standard InChI is InChI=1S/C17H19FN4O2/c1-2-13-10-15(21-20-13)19-16(23)7-8-22-14-5-4-12(18)9-11(14)3-6-17(22)24/h4-5,9-10H,2-3,6-8H2,1H3,(H2,19,20,21,23). The zero-order chi connectivity index (χ0) is 17.1. The number of H-pyrrole nitrogens is 1. The Kier molecular flexibility index (Phi) is 4.59. The molecule has 0 saturated carbocycles. The number of benzene rings is 1. The molecule has 1 aliphatic rings. The molecule has 126 valence electrons. The van der Waals surface area contributed by atoms with Crippen LogP contribution < -0.4 is 10.2 Å². The zero-order valence-electron chi connectivity index (χ0n) is 13.4. The Bertz CT molecular complexity index is 772. The molecule has 0 unspecified atom stereocenters. The minimum Gasteiger partial charge on any atom is -0.312 e. The molecule has 6 nitrogen and oxygen atoms in total. The van der Waals surface area contributed by atoms with Gasteiger partial charge in [0, 0.05) is 36.8 Å². The van der Waals surface area contributed by atoms with Crippen LogP contribution in [-0.4, -0.2) is 28.6 Å². The van der Waals surface area contributed by atoms with Crippen LogP contribution in [0.3, 0.4) is 0 Å². The van der Waals surface area contributed by atoms with Gasteiger partial charge in [0.2, 0.25) is 11.8 Å². The third kappa shape index (κ3) is 3.45. The number of anilines is 2. The van der Waals surface area contributed by atoms with Crippen molar-refractivity contribution in [3.8, 4) is 0 Å². The first-order valence-electron chi connectivity index (χ1n) is 7.99. The van der Waals surface area contributed by atoms with E-state index in [-0.39, 0.29) is 30.6 Å². The maximum Gasteiger partial charge on any atom is 0.227 e. The van der Waals surface area contributed by atoms with Crippen LogP contribution in [-0.2, 0) is 22.4 Å². The van der Waals surface area contributed by atoms with E-state index in [0.29, 0.717) is 24.3 Å². The van der Waals surface area contributed by atoms with Crippen molar-refractivity contribution < 1.29 is 14.0 Å². The lowest BCUT2D eigenvalue weighted by atomic mass is 10.0. The van der Waals surface area contributed by atoms with Crippen LogP contribution in [0.15, 0.2) is 24.3 Å². The molecule has 1 aliphatic heterocycles. The van der Waals surface area contributed by atoms with Crippen molar-refractivity contribution in [2.75, 3.05) is 16.8 Å². The van der Waals surface area contributed by atoms with Crippen molar-refractivity contribution in [1.82, 2.24) is 10.2 Å². The van der Waals surface area contributed by atoms with Gasteiger partial charge in [-0.05, 0) is 36.6 Å². The molecule has 0 atom stereocenters. The fourth-order valence-electron chi connectivity index (χ4n) is 2.80. The molecule has 0 spiro atoms. The number of nitrogens with one attached hydrogen (secondary N) is 2.